The van der Waals surface area contributed by atoms with Crippen molar-refractivity contribution in [2.24, 2.45) is 0 Å². The molecule has 0 amide bonds. The first-order valence-corrected chi connectivity index (χ1v) is 9.19. The lowest BCUT2D eigenvalue weighted by Crippen LogP contribution is -2.25. The number of benzene rings is 1. The Labute approximate surface area is 141 Å². The Morgan fingerprint density at radius 2 is 1.48 bits per heavy atom. The molecule has 0 saturated heterocycles. The van der Waals surface area contributed by atoms with Gasteiger partial charge < -0.3 is 9.32 Å². The van der Waals surface area contributed by atoms with E-state index in [1.807, 2.05) is 12.1 Å². The highest BCUT2D eigenvalue weighted by atomic mass is 16.3. The molecule has 0 bridgehead atoms. The van der Waals surface area contributed by atoms with Crippen LogP contribution in [0.25, 0.3) is 11.0 Å². The van der Waals surface area contributed by atoms with E-state index in [0.717, 1.165) is 31.0 Å². The van der Waals surface area contributed by atoms with E-state index >= 15 is 0 Å². The van der Waals surface area contributed by atoms with Crippen molar-refractivity contribution >= 4 is 11.0 Å². The molecular weight excluding hydrogens is 284 g/mol. The summed E-state index contributed by atoms with van der Waals surface area (Å²) in [6.07, 6.45) is 3.90. The molecule has 0 aliphatic rings. The topological polar surface area (TPSA) is 19.6 Å². The minimum absolute atomic E-state index is 0.918. The minimum Gasteiger partial charge on any atom is -0.460 e. The summed E-state index contributed by atoms with van der Waals surface area (Å²) >= 11 is 0. The predicted octanol–water partition coefficient (Wildman–Crippen LogP) is 4.77. The molecular formula is C20H32N2O. The van der Waals surface area contributed by atoms with E-state index < -0.39 is 0 Å². The average molecular weight is 316 g/mol. The number of rotatable bonds is 11. The number of para-hydroxylation sites is 1. The van der Waals surface area contributed by atoms with E-state index in [-0.39, 0.29) is 0 Å². The van der Waals surface area contributed by atoms with Gasteiger partial charge in [-0.25, -0.2) is 0 Å². The van der Waals surface area contributed by atoms with Gasteiger partial charge in [0.2, 0.25) is 0 Å². The molecule has 23 heavy (non-hydrogen) atoms. The van der Waals surface area contributed by atoms with E-state index in [2.05, 4.69) is 48.8 Å². The smallest absolute Gasteiger partial charge is 0.134 e. The maximum atomic E-state index is 5.94. The van der Waals surface area contributed by atoms with Crippen LogP contribution in [0, 0.1) is 0 Å². The molecule has 0 unspecified atom stereocenters. The van der Waals surface area contributed by atoms with Crippen molar-refractivity contribution in [1.82, 2.24) is 9.80 Å². The molecule has 0 aliphatic carbocycles. The quantitative estimate of drug-likeness (QED) is 0.557. The second-order valence-corrected chi connectivity index (χ2v) is 6.21. The minimum atomic E-state index is 0.918. The molecule has 1 aromatic heterocycles. The fourth-order valence-electron chi connectivity index (χ4n) is 3.07. The monoisotopic (exact) mass is 316 g/mol. The fourth-order valence-corrected chi connectivity index (χ4v) is 3.07. The molecule has 1 heterocycles. The van der Waals surface area contributed by atoms with Crippen molar-refractivity contribution in [2.45, 2.75) is 46.6 Å². The average Bonchev–Trinajstić information content (AvgIpc) is 2.99. The van der Waals surface area contributed by atoms with Gasteiger partial charge in [-0.15, -0.1) is 0 Å². The van der Waals surface area contributed by atoms with Crippen molar-refractivity contribution in [3.05, 3.63) is 36.1 Å². The number of unbranched alkanes of at least 4 members (excludes halogenated alkanes) is 2. The van der Waals surface area contributed by atoms with E-state index in [9.17, 15) is 0 Å². The van der Waals surface area contributed by atoms with Crippen molar-refractivity contribution < 1.29 is 4.42 Å². The molecule has 0 spiro atoms. The second kappa shape index (κ2) is 9.74. The summed E-state index contributed by atoms with van der Waals surface area (Å²) in [6, 6.07) is 10.4. The zero-order valence-electron chi connectivity index (χ0n) is 15.1. The lowest BCUT2D eigenvalue weighted by Gasteiger charge is -2.20. The Morgan fingerprint density at radius 3 is 2.13 bits per heavy atom. The highest BCUT2D eigenvalue weighted by Gasteiger charge is 2.08. The van der Waals surface area contributed by atoms with Crippen molar-refractivity contribution in [3.63, 3.8) is 0 Å². The number of nitrogens with zero attached hydrogens (tertiary/aromatic N) is 2. The first kappa shape index (κ1) is 18.0. The third-order valence-corrected chi connectivity index (χ3v) is 4.65. The van der Waals surface area contributed by atoms with Crippen LogP contribution in [0.5, 0.6) is 0 Å². The Balaban J connectivity index is 1.72. The summed E-state index contributed by atoms with van der Waals surface area (Å²) < 4.78 is 5.94. The van der Waals surface area contributed by atoms with Gasteiger partial charge in [-0.1, -0.05) is 45.4 Å². The molecule has 128 valence electrons. The van der Waals surface area contributed by atoms with Gasteiger partial charge in [0.05, 0.1) is 6.54 Å². The molecule has 3 nitrogen and oxygen atoms in total. The molecule has 0 saturated carbocycles. The lowest BCUT2D eigenvalue weighted by atomic mass is 10.2. The van der Waals surface area contributed by atoms with E-state index in [0.29, 0.717) is 0 Å². The molecule has 2 rings (SSSR count). The normalized spacial score (nSPS) is 11.9. The van der Waals surface area contributed by atoms with Crippen LogP contribution in [0.2, 0.25) is 0 Å². The van der Waals surface area contributed by atoms with Crippen molar-refractivity contribution in [3.8, 4) is 0 Å². The lowest BCUT2D eigenvalue weighted by molar-refractivity contribution is 0.247. The summed E-state index contributed by atoms with van der Waals surface area (Å²) in [5.74, 6) is 1.08. The molecule has 0 N–H and O–H groups in total. The third kappa shape index (κ3) is 5.67. The van der Waals surface area contributed by atoms with Gasteiger partial charge in [0.25, 0.3) is 0 Å². The van der Waals surface area contributed by atoms with Crippen molar-refractivity contribution in [2.75, 3.05) is 32.7 Å². The van der Waals surface area contributed by atoms with Crippen LogP contribution in [0.15, 0.2) is 34.7 Å². The molecule has 0 fully saturated rings. The van der Waals surface area contributed by atoms with Gasteiger partial charge >= 0.3 is 0 Å². The number of hydrogen-bond donors (Lipinski definition) is 0. The van der Waals surface area contributed by atoms with Gasteiger partial charge in [0, 0.05) is 5.39 Å². The Bertz CT molecular complexity index is 527. The summed E-state index contributed by atoms with van der Waals surface area (Å²) in [6.45, 7) is 13.5. The SMILES string of the molecule is CCN(CC)CCCCCN(CC)Cc1cc2ccccc2o1. The standard InChI is InChI=1S/C20H32N2O/c1-4-21(5-2)14-10-7-11-15-22(6-3)17-19-16-18-12-8-9-13-20(18)23-19/h8-9,12-13,16H,4-7,10-11,14-15,17H2,1-3H3. The molecule has 0 radical (unpaired) electrons. The molecule has 3 heteroatoms. The Hall–Kier alpha value is -1.32. The van der Waals surface area contributed by atoms with Crippen LogP contribution in [0.4, 0.5) is 0 Å². The van der Waals surface area contributed by atoms with Crippen LogP contribution in [-0.4, -0.2) is 42.5 Å². The fraction of sp³-hybridized carbons (Fsp3) is 0.600. The molecule has 0 atom stereocenters. The largest absolute Gasteiger partial charge is 0.460 e. The third-order valence-electron chi connectivity index (χ3n) is 4.65. The van der Waals surface area contributed by atoms with E-state index in [1.165, 1.54) is 44.3 Å². The molecule has 1 aromatic carbocycles. The predicted molar refractivity (Wildman–Crippen MR) is 98.8 cm³/mol. The zero-order valence-corrected chi connectivity index (χ0v) is 15.1. The maximum absolute atomic E-state index is 5.94. The number of furan rings is 1. The first-order valence-electron chi connectivity index (χ1n) is 9.19. The van der Waals surface area contributed by atoms with E-state index in [1.54, 1.807) is 0 Å². The van der Waals surface area contributed by atoms with Crippen LogP contribution >= 0.6 is 0 Å². The van der Waals surface area contributed by atoms with Crippen LogP contribution in [0.1, 0.15) is 45.8 Å². The highest BCUT2D eigenvalue weighted by molar-refractivity contribution is 5.77. The second-order valence-electron chi connectivity index (χ2n) is 6.21. The first-order chi connectivity index (χ1) is 11.3. The summed E-state index contributed by atoms with van der Waals surface area (Å²) in [4.78, 5) is 4.99. The molecule has 2 aromatic rings. The van der Waals surface area contributed by atoms with Gasteiger partial charge in [-0.05, 0) is 57.7 Å². The van der Waals surface area contributed by atoms with Gasteiger partial charge in [-0.3, -0.25) is 4.90 Å². The molecule has 0 aliphatic heterocycles. The van der Waals surface area contributed by atoms with Crippen LogP contribution in [0.3, 0.4) is 0 Å². The van der Waals surface area contributed by atoms with Gasteiger partial charge in [0.1, 0.15) is 11.3 Å². The number of hydrogen-bond acceptors (Lipinski definition) is 3. The van der Waals surface area contributed by atoms with Crippen LogP contribution < -0.4 is 0 Å². The summed E-state index contributed by atoms with van der Waals surface area (Å²) in [7, 11) is 0. The summed E-state index contributed by atoms with van der Waals surface area (Å²) in [5, 5.41) is 1.21. The van der Waals surface area contributed by atoms with Gasteiger partial charge in [0.15, 0.2) is 0 Å². The Morgan fingerprint density at radius 1 is 0.826 bits per heavy atom. The maximum Gasteiger partial charge on any atom is 0.134 e. The van der Waals surface area contributed by atoms with Crippen LogP contribution in [-0.2, 0) is 6.54 Å². The van der Waals surface area contributed by atoms with Gasteiger partial charge in [-0.2, -0.15) is 0 Å². The van der Waals surface area contributed by atoms with Crippen molar-refractivity contribution in [1.29, 1.82) is 0 Å². The summed E-state index contributed by atoms with van der Waals surface area (Å²) in [5.41, 5.74) is 0.998. The highest BCUT2D eigenvalue weighted by Crippen LogP contribution is 2.20. The number of fused-ring (bicyclic) bond motifs is 1. The Kier molecular flexibility index (Phi) is 7.63. The van der Waals surface area contributed by atoms with E-state index in [4.69, 9.17) is 4.42 Å². The zero-order chi connectivity index (χ0) is 16.5.